The molecule has 1 fully saturated rings. The molecule has 1 saturated carbocycles. The fourth-order valence-electron chi connectivity index (χ4n) is 2.37. The second-order valence-corrected chi connectivity index (χ2v) is 4.63. The minimum atomic E-state index is -0.772. The van der Waals surface area contributed by atoms with E-state index < -0.39 is 5.97 Å². The first-order valence-corrected chi connectivity index (χ1v) is 6.25. The predicted molar refractivity (Wildman–Crippen MR) is 65.1 cm³/mol. The second kappa shape index (κ2) is 6.17. The van der Waals surface area contributed by atoms with E-state index in [4.69, 9.17) is 5.11 Å². The van der Waals surface area contributed by atoms with Crippen molar-refractivity contribution in [2.24, 2.45) is 11.8 Å². The van der Waals surface area contributed by atoms with Gasteiger partial charge in [-0.15, -0.1) is 0 Å². The minimum absolute atomic E-state index is 0.0218. The summed E-state index contributed by atoms with van der Waals surface area (Å²) >= 11 is 0. The standard InChI is InChI=1S/C11H17N5O3/c17-10(18)8-3-1-2-7(8)4-12-11(19)13-5-9-14-6-15-16-9/h6-8H,1-5H2,(H,17,18)(H2,12,13,19)(H,14,15,16). The molecule has 4 N–H and O–H groups in total. The van der Waals surface area contributed by atoms with Gasteiger partial charge in [0.15, 0.2) is 0 Å². The van der Waals surface area contributed by atoms with Crippen LogP contribution >= 0.6 is 0 Å². The highest BCUT2D eigenvalue weighted by atomic mass is 16.4. The third-order valence-electron chi connectivity index (χ3n) is 3.38. The molecule has 0 aromatic carbocycles. The molecule has 8 heteroatoms. The Morgan fingerprint density at radius 3 is 2.95 bits per heavy atom. The van der Waals surface area contributed by atoms with Crippen molar-refractivity contribution < 1.29 is 14.7 Å². The van der Waals surface area contributed by atoms with Gasteiger partial charge in [-0.2, -0.15) is 5.10 Å². The first-order valence-electron chi connectivity index (χ1n) is 6.25. The number of amides is 2. The van der Waals surface area contributed by atoms with E-state index in [-0.39, 0.29) is 24.4 Å². The summed E-state index contributed by atoms with van der Waals surface area (Å²) < 4.78 is 0. The van der Waals surface area contributed by atoms with Gasteiger partial charge in [0.2, 0.25) is 0 Å². The highest BCUT2D eigenvalue weighted by Gasteiger charge is 2.32. The van der Waals surface area contributed by atoms with Crippen LogP contribution in [-0.2, 0) is 11.3 Å². The van der Waals surface area contributed by atoms with Gasteiger partial charge in [-0.25, -0.2) is 9.78 Å². The fourth-order valence-corrected chi connectivity index (χ4v) is 2.37. The van der Waals surface area contributed by atoms with E-state index >= 15 is 0 Å². The number of carboxylic acid groups (broad SMARTS) is 1. The van der Waals surface area contributed by atoms with Gasteiger partial charge >= 0.3 is 12.0 Å². The van der Waals surface area contributed by atoms with Crippen LogP contribution in [0.3, 0.4) is 0 Å². The Morgan fingerprint density at radius 2 is 2.26 bits per heavy atom. The van der Waals surface area contributed by atoms with Crippen molar-refractivity contribution in [1.82, 2.24) is 25.8 Å². The van der Waals surface area contributed by atoms with Crippen LogP contribution in [0.4, 0.5) is 4.79 Å². The largest absolute Gasteiger partial charge is 0.481 e. The second-order valence-electron chi connectivity index (χ2n) is 4.63. The number of H-pyrrole nitrogens is 1. The van der Waals surface area contributed by atoms with Crippen molar-refractivity contribution in [2.75, 3.05) is 6.54 Å². The van der Waals surface area contributed by atoms with Gasteiger partial charge in [0.05, 0.1) is 12.5 Å². The summed E-state index contributed by atoms with van der Waals surface area (Å²) in [7, 11) is 0. The topological polar surface area (TPSA) is 120 Å². The Bertz CT molecular complexity index is 434. The molecule has 2 amide bonds. The number of hydrogen-bond acceptors (Lipinski definition) is 4. The van der Waals surface area contributed by atoms with Gasteiger partial charge in [-0.1, -0.05) is 6.42 Å². The highest BCUT2D eigenvalue weighted by Crippen LogP contribution is 2.31. The first-order chi connectivity index (χ1) is 9.16. The van der Waals surface area contributed by atoms with Crippen LogP contribution in [0.25, 0.3) is 0 Å². The summed E-state index contributed by atoms with van der Waals surface area (Å²) in [6, 6.07) is -0.326. The van der Waals surface area contributed by atoms with E-state index in [0.29, 0.717) is 18.8 Å². The van der Waals surface area contributed by atoms with E-state index in [9.17, 15) is 9.59 Å². The molecule has 0 saturated heterocycles. The molecular weight excluding hydrogens is 250 g/mol. The third kappa shape index (κ3) is 3.67. The predicted octanol–water partition coefficient (Wildman–Crippen LogP) is 0.105. The molecule has 2 unspecified atom stereocenters. The monoisotopic (exact) mass is 267 g/mol. The maximum Gasteiger partial charge on any atom is 0.315 e. The van der Waals surface area contributed by atoms with Gasteiger partial charge in [0.1, 0.15) is 12.2 Å². The average molecular weight is 267 g/mol. The number of aliphatic carboxylic acids is 1. The summed E-state index contributed by atoms with van der Waals surface area (Å²) in [5.74, 6) is -0.520. The summed E-state index contributed by atoms with van der Waals surface area (Å²) in [6.07, 6.45) is 3.81. The third-order valence-corrected chi connectivity index (χ3v) is 3.38. The lowest BCUT2D eigenvalue weighted by atomic mass is 9.96. The maximum atomic E-state index is 11.5. The van der Waals surface area contributed by atoms with E-state index in [2.05, 4.69) is 25.8 Å². The molecule has 104 valence electrons. The molecule has 1 aromatic heterocycles. The molecule has 2 rings (SSSR count). The van der Waals surface area contributed by atoms with Crippen LogP contribution in [0.2, 0.25) is 0 Å². The molecule has 0 aliphatic heterocycles. The molecule has 0 radical (unpaired) electrons. The normalized spacial score (nSPS) is 22.1. The fraction of sp³-hybridized carbons (Fsp3) is 0.636. The summed E-state index contributed by atoms with van der Waals surface area (Å²) in [4.78, 5) is 26.4. The Hall–Kier alpha value is -2.12. The van der Waals surface area contributed by atoms with Crippen LogP contribution < -0.4 is 10.6 Å². The molecule has 1 aliphatic carbocycles. The summed E-state index contributed by atoms with van der Waals surface area (Å²) in [5.41, 5.74) is 0. The van der Waals surface area contributed by atoms with E-state index in [0.717, 1.165) is 12.8 Å². The van der Waals surface area contributed by atoms with Crippen molar-refractivity contribution in [3.63, 3.8) is 0 Å². The quantitative estimate of drug-likeness (QED) is 0.603. The van der Waals surface area contributed by atoms with E-state index in [1.54, 1.807) is 0 Å². The number of rotatable bonds is 5. The lowest BCUT2D eigenvalue weighted by Gasteiger charge is -2.16. The van der Waals surface area contributed by atoms with Crippen molar-refractivity contribution >= 4 is 12.0 Å². The van der Waals surface area contributed by atoms with Gasteiger partial charge < -0.3 is 15.7 Å². The van der Waals surface area contributed by atoms with Crippen molar-refractivity contribution in [3.8, 4) is 0 Å². The average Bonchev–Trinajstić information content (AvgIpc) is 3.04. The summed E-state index contributed by atoms with van der Waals surface area (Å²) in [6.45, 7) is 0.651. The van der Waals surface area contributed by atoms with Gasteiger partial charge in [-0.05, 0) is 18.8 Å². The number of carbonyl (C=O) groups is 2. The lowest BCUT2D eigenvalue weighted by Crippen LogP contribution is -2.39. The molecule has 1 aliphatic rings. The van der Waals surface area contributed by atoms with Gasteiger partial charge in [-0.3, -0.25) is 9.89 Å². The Kier molecular flexibility index (Phi) is 4.32. The van der Waals surface area contributed by atoms with Crippen LogP contribution in [0.15, 0.2) is 6.33 Å². The SMILES string of the molecule is O=C(NCc1ncn[nH]1)NCC1CCCC1C(=O)O. The van der Waals surface area contributed by atoms with Crippen molar-refractivity contribution in [2.45, 2.75) is 25.8 Å². The molecule has 19 heavy (non-hydrogen) atoms. The Labute approximate surface area is 110 Å². The Balaban J connectivity index is 1.70. The number of hydrogen-bond donors (Lipinski definition) is 4. The molecule has 8 nitrogen and oxygen atoms in total. The van der Waals surface area contributed by atoms with Gasteiger partial charge in [0, 0.05) is 6.54 Å². The lowest BCUT2D eigenvalue weighted by molar-refractivity contribution is -0.142. The molecule has 0 bridgehead atoms. The van der Waals surface area contributed by atoms with Crippen LogP contribution in [0, 0.1) is 11.8 Å². The van der Waals surface area contributed by atoms with Crippen LogP contribution in [0.1, 0.15) is 25.1 Å². The van der Waals surface area contributed by atoms with Crippen molar-refractivity contribution in [1.29, 1.82) is 0 Å². The number of urea groups is 1. The number of nitrogens with zero attached hydrogens (tertiary/aromatic N) is 2. The smallest absolute Gasteiger partial charge is 0.315 e. The van der Waals surface area contributed by atoms with Gasteiger partial charge in [0.25, 0.3) is 0 Å². The zero-order valence-electron chi connectivity index (χ0n) is 10.4. The molecule has 1 aromatic rings. The van der Waals surface area contributed by atoms with E-state index in [1.165, 1.54) is 6.33 Å². The number of nitrogens with one attached hydrogen (secondary N) is 3. The zero-order chi connectivity index (χ0) is 13.7. The molecule has 0 spiro atoms. The molecule has 1 heterocycles. The number of carbonyl (C=O) groups excluding carboxylic acids is 1. The van der Waals surface area contributed by atoms with Crippen LogP contribution in [0.5, 0.6) is 0 Å². The van der Waals surface area contributed by atoms with E-state index in [1.807, 2.05) is 0 Å². The minimum Gasteiger partial charge on any atom is -0.481 e. The van der Waals surface area contributed by atoms with Crippen LogP contribution in [-0.4, -0.2) is 38.8 Å². The Morgan fingerprint density at radius 1 is 1.42 bits per heavy atom. The molecular formula is C11H17N5O3. The molecule has 2 atom stereocenters. The number of aromatic nitrogens is 3. The highest BCUT2D eigenvalue weighted by molar-refractivity contribution is 5.74. The first kappa shape index (κ1) is 13.3. The number of carboxylic acids is 1. The van der Waals surface area contributed by atoms with Crippen molar-refractivity contribution in [3.05, 3.63) is 12.2 Å². The number of aromatic amines is 1. The zero-order valence-corrected chi connectivity index (χ0v) is 10.4. The maximum absolute atomic E-state index is 11.5. The summed E-state index contributed by atoms with van der Waals surface area (Å²) in [5, 5.41) is 20.6.